The van der Waals surface area contributed by atoms with Crippen LogP contribution in [-0.2, 0) is 4.74 Å². The number of ether oxygens (including phenoxy) is 1. The lowest BCUT2D eigenvalue weighted by molar-refractivity contribution is 0.122. The van der Waals surface area contributed by atoms with Crippen LogP contribution in [0.4, 0.5) is 11.6 Å². The largest absolute Gasteiger partial charge is 0.378 e. The molecule has 13 heavy (non-hydrogen) atoms. The number of aromatic nitrogens is 2. The van der Waals surface area contributed by atoms with Crippen molar-refractivity contribution in [1.82, 2.24) is 10.2 Å². The highest BCUT2D eigenvalue weighted by Crippen LogP contribution is 2.15. The fraction of sp³-hybridized carbons (Fsp3) is 0.625. The number of aromatic amines is 1. The summed E-state index contributed by atoms with van der Waals surface area (Å²) in [6, 6.07) is 2.01. The Kier molecular flexibility index (Phi) is 2.35. The smallest absolute Gasteiger partial charge is 0.152 e. The van der Waals surface area contributed by atoms with E-state index in [1.807, 2.05) is 13.1 Å². The summed E-state index contributed by atoms with van der Waals surface area (Å²) >= 11 is 0. The van der Waals surface area contributed by atoms with E-state index in [4.69, 9.17) is 4.74 Å². The first-order valence-electron chi connectivity index (χ1n) is 4.46. The van der Waals surface area contributed by atoms with E-state index in [0.717, 1.165) is 37.9 Å². The third-order valence-electron chi connectivity index (χ3n) is 2.17. The molecular formula is C8H14N4O. The van der Waals surface area contributed by atoms with Crippen molar-refractivity contribution in [2.24, 2.45) is 0 Å². The van der Waals surface area contributed by atoms with Crippen LogP contribution in [0.15, 0.2) is 6.07 Å². The van der Waals surface area contributed by atoms with Gasteiger partial charge in [-0.15, -0.1) is 0 Å². The number of morpholine rings is 1. The molecule has 0 aromatic carbocycles. The Balaban J connectivity index is 2.05. The van der Waals surface area contributed by atoms with Crippen molar-refractivity contribution < 1.29 is 4.74 Å². The lowest BCUT2D eigenvalue weighted by Crippen LogP contribution is -2.36. The van der Waals surface area contributed by atoms with Crippen molar-refractivity contribution in [3.05, 3.63) is 6.07 Å². The Bertz CT molecular complexity index is 267. The summed E-state index contributed by atoms with van der Waals surface area (Å²) in [5.41, 5.74) is 0. The first-order valence-corrected chi connectivity index (χ1v) is 4.46. The molecule has 0 bridgehead atoms. The van der Waals surface area contributed by atoms with Gasteiger partial charge in [-0.25, -0.2) is 0 Å². The first-order chi connectivity index (χ1) is 6.40. The van der Waals surface area contributed by atoms with Crippen molar-refractivity contribution in [3.8, 4) is 0 Å². The van der Waals surface area contributed by atoms with Crippen LogP contribution >= 0.6 is 0 Å². The fourth-order valence-corrected chi connectivity index (χ4v) is 1.39. The Labute approximate surface area is 77.1 Å². The molecule has 72 valence electrons. The third kappa shape index (κ3) is 1.75. The van der Waals surface area contributed by atoms with Crippen LogP contribution in [0.25, 0.3) is 0 Å². The molecule has 0 radical (unpaired) electrons. The zero-order valence-corrected chi connectivity index (χ0v) is 7.71. The number of hydrogen-bond acceptors (Lipinski definition) is 4. The van der Waals surface area contributed by atoms with Gasteiger partial charge in [0.05, 0.1) is 13.2 Å². The molecule has 2 rings (SSSR count). The third-order valence-corrected chi connectivity index (χ3v) is 2.17. The Morgan fingerprint density at radius 2 is 2.31 bits per heavy atom. The molecule has 0 saturated carbocycles. The average Bonchev–Trinajstić information content (AvgIpc) is 2.67. The van der Waals surface area contributed by atoms with Crippen molar-refractivity contribution in [2.75, 3.05) is 43.6 Å². The highest BCUT2D eigenvalue weighted by atomic mass is 16.5. The van der Waals surface area contributed by atoms with Crippen molar-refractivity contribution in [1.29, 1.82) is 0 Å². The zero-order chi connectivity index (χ0) is 9.10. The van der Waals surface area contributed by atoms with Crippen LogP contribution in [0.5, 0.6) is 0 Å². The summed E-state index contributed by atoms with van der Waals surface area (Å²) in [7, 11) is 1.87. The molecule has 1 aliphatic rings. The maximum atomic E-state index is 5.26. The Morgan fingerprint density at radius 3 is 2.92 bits per heavy atom. The number of hydrogen-bond donors (Lipinski definition) is 2. The van der Waals surface area contributed by atoms with Gasteiger partial charge in [0.25, 0.3) is 0 Å². The van der Waals surface area contributed by atoms with Gasteiger partial charge in [-0.3, -0.25) is 5.10 Å². The highest BCUT2D eigenvalue weighted by molar-refractivity contribution is 5.49. The van der Waals surface area contributed by atoms with E-state index in [-0.39, 0.29) is 0 Å². The Hall–Kier alpha value is -1.23. The predicted octanol–water partition coefficient (Wildman–Crippen LogP) is 0.288. The zero-order valence-electron chi connectivity index (χ0n) is 7.71. The standard InChI is InChI=1S/C8H14N4O/c1-9-7-6-8(11-10-7)12-2-4-13-5-3-12/h6H,2-5H2,1H3,(H2,9,10,11). The summed E-state index contributed by atoms with van der Waals surface area (Å²) in [5.74, 6) is 1.94. The van der Waals surface area contributed by atoms with Gasteiger partial charge in [-0.1, -0.05) is 0 Å². The molecular weight excluding hydrogens is 168 g/mol. The van der Waals surface area contributed by atoms with Gasteiger partial charge in [0, 0.05) is 26.2 Å². The predicted molar refractivity (Wildman–Crippen MR) is 51.2 cm³/mol. The van der Waals surface area contributed by atoms with E-state index in [2.05, 4.69) is 20.4 Å². The van der Waals surface area contributed by atoms with Gasteiger partial charge in [-0.2, -0.15) is 5.10 Å². The quantitative estimate of drug-likeness (QED) is 0.690. The molecule has 1 fully saturated rings. The van der Waals surface area contributed by atoms with Gasteiger partial charge in [0.1, 0.15) is 5.82 Å². The molecule has 1 aromatic rings. The minimum atomic E-state index is 0.793. The summed E-state index contributed by atoms with van der Waals surface area (Å²) < 4.78 is 5.26. The second kappa shape index (κ2) is 3.66. The molecule has 0 amide bonds. The molecule has 2 N–H and O–H groups in total. The van der Waals surface area contributed by atoms with Crippen LogP contribution in [-0.4, -0.2) is 43.5 Å². The second-order valence-electron chi connectivity index (χ2n) is 2.99. The lowest BCUT2D eigenvalue weighted by Gasteiger charge is -2.26. The summed E-state index contributed by atoms with van der Waals surface area (Å²) in [5, 5.41) is 10.1. The van der Waals surface area contributed by atoms with Crippen molar-refractivity contribution in [3.63, 3.8) is 0 Å². The first kappa shape index (κ1) is 8.37. The molecule has 0 spiro atoms. The van der Waals surface area contributed by atoms with Gasteiger partial charge < -0.3 is 15.0 Å². The second-order valence-corrected chi connectivity index (χ2v) is 2.99. The van der Waals surface area contributed by atoms with E-state index in [1.54, 1.807) is 0 Å². The van der Waals surface area contributed by atoms with Gasteiger partial charge in [0.15, 0.2) is 5.82 Å². The maximum absolute atomic E-state index is 5.26. The molecule has 5 heteroatoms. The number of nitrogens with one attached hydrogen (secondary N) is 2. The van der Waals surface area contributed by atoms with E-state index >= 15 is 0 Å². The lowest BCUT2D eigenvalue weighted by atomic mass is 10.4. The summed E-state index contributed by atoms with van der Waals surface area (Å²) in [6.45, 7) is 3.44. The SMILES string of the molecule is CNc1cc(N2CCOCC2)n[nH]1. The van der Waals surface area contributed by atoms with E-state index < -0.39 is 0 Å². The highest BCUT2D eigenvalue weighted by Gasteiger charge is 2.13. The molecule has 1 aliphatic heterocycles. The fourth-order valence-electron chi connectivity index (χ4n) is 1.39. The van der Waals surface area contributed by atoms with Crippen LogP contribution in [0.2, 0.25) is 0 Å². The minimum Gasteiger partial charge on any atom is -0.378 e. The summed E-state index contributed by atoms with van der Waals surface area (Å²) in [6.07, 6.45) is 0. The van der Waals surface area contributed by atoms with E-state index in [0.29, 0.717) is 0 Å². The van der Waals surface area contributed by atoms with Crippen LogP contribution in [0.3, 0.4) is 0 Å². The topological polar surface area (TPSA) is 53.2 Å². The minimum absolute atomic E-state index is 0.793. The summed E-state index contributed by atoms with van der Waals surface area (Å²) in [4.78, 5) is 2.21. The number of H-pyrrole nitrogens is 1. The van der Waals surface area contributed by atoms with Crippen LogP contribution in [0, 0.1) is 0 Å². The van der Waals surface area contributed by atoms with Gasteiger partial charge in [-0.05, 0) is 0 Å². The van der Waals surface area contributed by atoms with Crippen LogP contribution in [0.1, 0.15) is 0 Å². The van der Waals surface area contributed by atoms with Crippen LogP contribution < -0.4 is 10.2 Å². The molecule has 0 aliphatic carbocycles. The number of anilines is 2. The van der Waals surface area contributed by atoms with Gasteiger partial charge in [0.2, 0.25) is 0 Å². The number of nitrogens with zero attached hydrogens (tertiary/aromatic N) is 2. The molecule has 2 heterocycles. The average molecular weight is 182 g/mol. The molecule has 5 nitrogen and oxygen atoms in total. The molecule has 0 unspecified atom stereocenters. The van der Waals surface area contributed by atoms with E-state index in [1.165, 1.54) is 0 Å². The molecule has 1 saturated heterocycles. The maximum Gasteiger partial charge on any atom is 0.152 e. The normalized spacial score (nSPS) is 17.5. The molecule has 1 aromatic heterocycles. The Morgan fingerprint density at radius 1 is 1.54 bits per heavy atom. The monoisotopic (exact) mass is 182 g/mol. The molecule has 0 atom stereocenters. The van der Waals surface area contributed by atoms with Gasteiger partial charge >= 0.3 is 0 Å². The van der Waals surface area contributed by atoms with E-state index in [9.17, 15) is 0 Å². The van der Waals surface area contributed by atoms with Crippen molar-refractivity contribution in [2.45, 2.75) is 0 Å². The van der Waals surface area contributed by atoms with Crippen molar-refractivity contribution >= 4 is 11.6 Å². The number of rotatable bonds is 2.